The van der Waals surface area contributed by atoms with Crippen LogP contribution in [0.2, 0.25) is 5.02 Å². The summed E-state index contributed by atoms with van der Waals surface area (Å²) in [4.78, 5) is 28.7. The van der Waals surface area contributed by atoms with Gasteiger partial charge in [0.05, 0.1) is 6.61 Å². The molecule has 0 aromatic heterocycles. The van der Waals surface area contributed by atoms with Crippen LogP contribution in [-0.2, 0) is 22.6 Å². The third-order valence-corrected chi connectivity index (χ3v) is 6.44. The number of rotatable bonds is 14. The van der Waals surface area contributed by atoms with Gasteiger partial charge in [-0.2, -0.15) is 0 Å². The number of benzene rings is 3. The number of carbonyl (C=O) groups excluding carboxylic acids is 2. The van der Waals surface area contributed by atoms with Gasteiger partial charge in [0, 0.05) is 31.0 Å². The van der Waals surface area contributed by atoms with Crippen LogP contribution in [0, 0.1) is 6.92 Å². The Balaban J connectivity index is 1.76. The van der Waals surface area contributed by atoms with E-state index in [0.717, 1.165) is 29.7 Å². The lowest BCUT2D eigenvalue weighted by molar-refractivity contribution is -0.141. The van der Waals surface area contributed by atoms with E-state index in [-0.39, 0.29) is 18.2 Å². The Morgan fingerprint density at radius 3 is 2.30 bits per heavy atom. The summed E-state index contributed by atoms with van der Waals surface area (Å²) in [5.74, 6) is 0.581. The summed E-state index contributed by atoms with van der Waals surface area (Å²) in [5.41, 5.74) is 3.10. The number of aryl methyl sites for hydroxylation is 1. The Kier molecular flexibility index (Phi) is 11.5. The third-order valence-electron chi connectivity index (χ3n) is 6.19. The minimum atomic E-state index is -0.625. The first-order valence-electron chi connectivity index (χ1n) is 13.0. The molecule has 0 heterocycles. The summed E-state index contributed by atoms with van der Waals surface area (Å²) in [6.07, 6.45) is 3.16. The second-order valence-electron chi connectivity index (χ2n) is 9.26. The van der Waals surface area contributed by atoms with Crippen LogP contribution in [0.25, 0.3) is 0 Å². The zero-order chi connectivity index (χ0) is 26.5. The monoisotopic (exact) mass is 520 g/mol. The summed E-state index contributed by atoms with van der Waals surface area (Å²) < 4.78 is 5.83. The minimum absolute atomic E-state index is 0.0750. The number of ether oxygens (including phenoxy) is 1. The van der Waals surface area contributed by atoms with Crippen LogP contribution in [0.3, 0.4) is 0 Å². The highest BCUT2D eigenvalue weighted by molar-refractivity contribution is 6.30. The number of halogens is 1. The molecule has 1 N–H and O–H groups in total. The van der Waals surface area contributed by atoms with Gasteiger partial charge in [0.1, 0.15) is 11.8 Å². The maximum Gasteiger partial charge on any atom is 0.243 e. The molecule has 196 valence electrons. The van der Waals surface area contributed by atoms with E-state index in [2.05, 4.69) is 12.2 Å². The van der Waals surface area contributed by atoms with E-state index in [0.29, 0.717) is 37.6 Å². The predicted octanol–water partition coefficient (Wildman–Crippen LogP) is 6.36. The first kappa shape index (κ1) is 28.3. The fourth-order valence-electron chi connectivity index (χ4n) is 4.04. The number of nitrogens with zero attached hydrogens (tertiary/aromatic N) is 1. The lowest BCUT2D eigenvalue weighted by Crippen LogP contribution is -2.50. The fraction of sp³-hybridized carbons (Fsp3) is 0.355. The Morgan fingerprint density at radius 2 is 1.62 bits per heavy atom. The molecule has 0 aliphatic carbocycles. The average Bonchev–Trinajstić information content (AvgIpc) is 2.91. The van der Waals surface area contributed by atoms with E-state index >= 15 is 0 Å². The number of hydrogen-bond donors (Lipinski definition) is 1. The van der Waals surface area contributed by atoms with Gasteiger partial charge in [-0.15, -0.1) is 0 Å². The molecule has 0 aliphatic rings. The van der Waals surface area contributed by atoms with Crippen molar-refractivity contribution in [2.45, 2.75) is 58.5 Å². The first-order chi connectivity index (χ1) is 18.0. The van der Waals surface area contributed by atoms with Crippen LogP contribution in [0.5, 0.6) is 5.75 Å². The molecule has 5 nitrogen and oxygen atoms in total. The van der Waals surface area contributed by atoms with Gasteiger partial charge in [-0.1, -0.05) is 85.1 Å². The molecule has 0 saturated carbocycles. The van der Waals surface area contributed by atoms with E-state index in [1.54, 1.807) is 4.90 Å². The van der Waals surface area contributed by atoms with Crippen molar-refractivity contribution in [2.24, 2.45) is 0 Å². The van der Waals surface area contributed by atoms with E-state index < -0.39 is 6.04 Å². The summed E-state index contributed by atoms with van der Waals surface area (Å²) in [6.45, 7) is 5.46. The third kappa shape index (κ3) is 9.58. The van der Waals surface area contributed by atoms with Gasteiger partial charge in [-0.3, -0.25) is 9.59 Å². The van der Waals surface area contributed by atoms with Crippen molar-refractivity contribution in [3.8, 4) is 5.75 Å². The Hall–Kier alpha value is -3.31. The Morgan fingerprint density at radius 1 is 0.919 bits per heavy atom. The molecule has 0 saturated heterocycles. The number of unbranched alkanes of at least 4 members (excludes halogenated alkanes) is 1. The standard InChI is InChI=1S/C31H37ClN2O3/c1-3-4-20-33-31(36)29(22-25-9-6-5-7-10-25)34(23-26-14-16-27(32)17-15-26)30(35)11-8-21-37-28-18-12-24(2)13-19-28/h5-7,9-10,12-19,29H,3-4,8,11,20-23H2,1-2H3,(H,33,36). The molecular weight excluding hydrogens is 484 g/mol. The van der Waals surface area contributed by atoms with Crippen molar-refractivity contribution >= 4 is 23.4 Å². The van der Waals surface area contributed by atoms with E-state index in [1.807, 2.05) is 85.8 Å². The normalized spacial score (nSPS) is 11.5. The SMILES string of the molecule is CCCCNC(=O)C(Cc1ccccc1)N(Cc1ccc(Cl)cc1)C(=O)CCCOc1ccc(C)cc1. The largest absolute Gasteiger partial charge is 0.494 e. The lowest BCUT2D eigenvalue weighted by Gasteiger charge is -2.31. The quantitative estimate of drug-likeness (QED) is 0.251. The zero-order valence-corrected chi connectivity index (χ0v) is 22.5. The van der Waals surface area contributed by atoms with E-state index in [1.165, 1.54) is 5.56 Å². The minimum Gasteiger partial charge on any atom is -0.494 e. The van der Waals surface area contributed by atoms with E-state index in [9.17, 15) is 9.59 Å². The molecule has 6 heteroatoms. The Bertz CT molecular complexity index is 1100. The van der Waals surface area contributed by atoms with Gasteiger partial charge < -0.3 is 15.0 Å². The molecular formula is C31H37ClN2O3. The molecule has 1 unspecified atom stereocenters. The van der Waals surface area contributed by atoms with Crippen molar-refractivity contribution in [3.63, 3.8) is 0 Å². The summed E-state index contributed by atoms with van der Waals surface area (Å²) in [7, 11) is 0. The second-order valence-corrected chi connectivity index (χ2v) is 9.70. The smallest absolute Gasteiger partial charge is 0.243 e. The van der Waals surface area contributed by atoms with Gasteiger partial charge in [-0.05, 0) is 55.2 Å². The number of carbonyl (C=O) groups is 2. The van der Waals surface area contributed by atoms with Crippen LogP contribution in [0.1, 0.15) is 49.3 Å². The van der Waals surface area contributed by atoms with Crippen LogP contribution in [0.4, 0.5) is 0 Å². The molecule has 2 amide bonds. The van der Waals surface area contributed by atoms with Crippen LogP contribution in [-0.4, -0.2) is 35.9 Å². The van der Waals surface area contributed by atoms with Crippen molar-refractivity contribution in [3.05, 3.63) is 101 Å². The van der Waals surface area contributed by atoms with Crippen molar-refractivity contribution < 1.29 is 14.3 Å². The molecule has 0 aliphatic heterocycles. The summed E-state index contributed by atoms with van der Waals surface area (Å²) >= 11 is 6.09. The van der Waals surface area contributed by atoms with Crippen molar-refractivity contribution in [1.82, 2.24) is 10.2 Å². The average molecular weight is 521 g/mol. The molecule has 3 aromatic rings. The molecule has 0 radical (unpaired) electrons. The number of nitrogens with one attached hydrogen (secondary N) is 1. The van der Waals surface area contributed by atoms with Gasteiger partial charge in [-0.25, -0.2) is 0 Å². The highest BCUT2D eigenvalue weighted by atomic mass is 35.5. The van der Waals surface area contributed by atoms with Crippen LogP contribution in [0.15, 0.2) is 78.9 Å². The predicted molar refractivity (Wildman–Crippen MR) is 150 cm³/mol. The number of amides is 2. The molecule has 1 atom stereocenters. The zero-order valence-electron chi connectivity index (χ0n) is 21.8. The first-order valence-corrected chi connectivity index (χ1v) is 13.4. The summed E-state index contributed by atoms with van der Waals surface area (Å²) in [5, 5.41) is 3.68. The highest BCUT2D eigenvalue weighted by Gasteiger charge is 2.30. The molecule has 0 spiro atoms. The van der Waals surface area contributed by atoms with Crippen LogP contribution >= 0.6 is 11.6 Å². The molecule has 3 aromatic carbocycles. The van der Waals surface area contributed by atoms with Crippen molar-refractivity contribution in [1.29, 1.82) is 0 Å². The molecule has 0 fully saturated rings. The maximum absolute atomic E-state index is 13.6. The second kappa shape index (κ2) is 15.1. The fourth-order valence-corrected chi connectivity index (χ4v) is 4.16. The molecule has 0 bridgehead atoms. The number of hydrogen-bond acceptors (Lipinski definition) is 3. The van der Waals surface area contributed by atoms with Gasteiger partial charge in [0.25, 0.3) is 0 Å². The highest BCUT2D eigenvalue weighted by Crippen LogP contribution is 2.18. The molecule has 3 rings (SSSR count). The van der Waals surface area contributed by atoms with Crippen LogP contribution < -0.4 is 10.1 Å². The topological polar surface area (TPSA) is 58.6 Å². The Labute approximate surface area is 225 Å². The lowest BCUT2D eigenvalue weighted by atomic mass is 10.0. The molecule has 37 heavy (non-hydrogen) atoms. The van der Waals surface area contributed by atoms with E-state index in [4.69, 9.17) is 16.3 Å². The van der Waals surface area contributed by atoms with Gasteiger partial charge in [0.2, 0.25) is 11.8 Å². The summed E-state index contributed by atoms with van der Waals surface area (Å²) in [6, 6.07) is 24.5. The van der Waals surface area contributed by atoms with Gasteiger partial charge >= 0.3 is 0 Å². The van der Waals surface area contributed by atoms with Gasteiger partial charge in [0.15, 0.2) is 0 Å². The maximum atomic E-state index is 13.6. The van der Waals surface area contributed by atoms with Crippen molar-refractivity contribution in [2.75, 3.05) is 13.2 Å².